The van der Waals surface area contributed by atoms with E-state index < -0.39 is 0 Å². The monoisotopic (exact) mass is 199 g/mol. The van der Waals surface area contributed by atoms with Crippen LogP contribution in [0.3, 0.4) is 0 Å². The average Bonchev–Trinajstić information content (AvgIpc) is 2.14. The van der Waals surface area contributed by atoms with Crippen LogP contribution < -0.4 is 0 Å². The molecule has 0 aromatic carbocycles. The Labute approximate surface area is 84.8 Å². The van der Waals surface area contributed by atoms with E-state index in [0.29, 0.717) is 0 Å². The fraction of sp³-hybridized carbons (Fsp3) is 0.778. The second kappa shape index (κ2) is 7.93. The van der Waals surface area contributed by atoms with Gasteiger partial charge in [-0.3, -0.25) is 0 Å². The summed E-state index contributed by atoms with van der Waals surface area (Å²) in [7, 11) is 1.97. The second-order valence-corrected chi connectivity index (χ2v) is 3.60. The van der Waals surface area contributed by atoms with Gasteiger partial charge in [0.25, 0.3) is 0 Å². The van der Waals surface area contributed by atoms with Crippen LogP contribution in [0.5, 0.6) is 0 Å². The minimum absolute atomic E-state index is 0.804. The van der Waals surface area contributed by atoms with Gasteiger partial charge in [0.2, 0.25) is 6.19 Å². The average molecular weight is 199 g/mol. The standard InChI is InChI=1S/C9H17N3S/c1-4-5-6-7-12(2)9(13-3)11-8-10/h4-7H2,1-3H3. The van der Waals surface area contributed by atoms with Gasteiger partial charge in [0, 0.05) is 13.6 Å². The molecule has 0 unspecified atom stereocenters. The molecule has 0 bridgehead atoms. The number of rotatable bonds is 4. The Morgan fingerprint density at radius 2 is 2.23 bits per heavy atom. The highest BCUT2D eigenvalue weighted by Crippen LogP contribution is 2.05. The van der Waals surface area contributed by atoms with Crippen molar-refractivity contribution in [3.05, 3.63) is 0 Å². The van der Waals surface area contributed by atoms with Gasteiger partial charge in [-0.05, 0) is 12.7 Å². The summed E-state index contributed by atoms with van der Waals surface area (Å²) < 4.78 is 0. The van der Waals surface area contributed by atoms with E-state index in [1.165, 1.54) is 24.6 Å². The van der Waals surface area contributed by atoms with Gasteiger partial charge in [0.15, 0.2) is 5.17 Å². The summed E-state index contributed by atoms with van der Waals surface area (Å²) in [6.07, 6.45) is 7.37. The molecule has 0 saturated carbocycles. The lowest BCUT2D eigenvalue weighted by molar-refractivity contribution is 0.484. The second-order valence-electron chi connectivity index (χ2n) is 2.83. The van der Waals surface area contributed by atoms with Crippen LogP contribution in [0.1, 0.15) is 26.2 Å². The van der Waals surface area contributed by atoms with Crippen LogP contribution in [0.25, 0.3) is 0 Å². The maximum absolute atomic E-state index is 8.41. The third kappa shape index (κ3) is 5.53. The van der Waals surface area contributed by atoms with Crippen molar-refractivity contribution in [3.8, 4) is 6.19 Å². The largest absolute Gasteiger partial charge is 0.354 e. The molecule has 0 amide bonds. The van der Waals surface area contributed by atoms with E-state index in [2.05, 4.69) is 11.9 Å². The summed E-state index contributed by atoms with van der Waals surface area (Å²) in [6, 6.07) is 0. The lowest BCUT2D eigenvalue weighted by Crippen LogP contribution is -2.24. The minimum Gasteiger partial charge on any atom is -0.354 e. The molecule has 13 heavy (non-hydrogen) atoms. The summed E-state index contributed by atoms with van der Waals surface area (Å²) in [6.45, 7) is 3.16. The third-order valence-corrected chi connectivity index (χ3v) is 2.52. The van der Waals surface area contributed by atoms with Crippen molar-refractivity contribution in [3.63, 3.8) is 0 Å². The zero-order valence-electron chi connectivity index (χ0n) is 8.58. The number of hydrogen-bond acceptors (Lipinski definition) is 3. The van der Waals surface area contributed by atoms with Gasteiger partial charge in [-0.2, -0.15) is 5.26 Å². The fourth-order valence-corrected chi connectivity index (χ4v) is 1.56. The molecule has 0 spiro atoms. The number of nitriles is 1. The van der Waals surface area contributed by atoms with E-state index in [1.807, 2.05) is 24.4 Å². The lowest BCUT2D eigenvalue weighted by Gasteiger charge is -2.17. The number of unbranched alkanes of at least 4 members (excludes halogenated alkanes) is 2. The molecule has 0 fully saturated rings. The van der Waals surface area contributed by atoms with Crippen LogP contribution >= 0.6 is 11.8 Å². The van der Waals surface area contributed by atoms with Gasteiger partial charge in [-0.15, -0.1) is 4.99 Å². The molecule has 0 aliphatic heterocycles. The molecular weight excluding hydrogens is 182 g/mol. The Morgan fingerprint density at radius 3 is 2.69 bits per heavy atom. The van der Waals surface area contributed by atoms with E-state index in [4.69, 9.17) is 5.26 Å². The lowest BCUT2D eigenvalue weighted by atomic mass is 10.2. The summed E-state index contributed by atoms with van der Waals surface area (Å²) in [5.74, 6) is 0. The van der Waals surface area contributed by atoms with Crippen LogP contribution in [-0.2, 0) is 0 Å². The number of amidine groups is 1. The van der Waals surface area contributed by atoms with Crippen molar-refractivity contribution in [1.82, 2.24) is 4.90 Å². The Kier molecular flexibility index (Phi) is 7.51. The van der Waals surface area contributed by atoms with Crippen LogP contribution in [0, 0.1) is 11.5 Å². The molecule has 0 saturated heterocycles. The van der Waals surface area contributed by atoms with Crippen LogP contribution in [-0.4, -0.2) is 29.9 Å². The Hall–Kier alpha value is -0.690. The predicted molar refractivity (Wildman–Crippen MR) is 58.7 cm³/mol. The van der Waals surface area contributed by atoms with Gasteiger partial charge in [0.1, 0.15) is 0 Å². The molecule has 0 aromatic heterocycles. The topological polar surface area (TPSA) is 39.4 Å². The smallest absolute Gasteiger partial charge is 0.208 e. The highest BCUT2D eigenvalue weighted by atomic mass is 32.2. The first-order valence-electron chi connectivity index (χ1n) is 4.48. The van der Waals surface area contributed by atoms with E-state index in [0.717, 1.165) is 18.1 Å². The first kappa shape index (κ1) is 12.3. The summed E-state index contributed by atoms with van der Waals surface area (Å²) in [5, 5.41) is 9.22. The van der Waals surface area contributed by atoms with Gasteiger partial charge in [-0.25, -0.2) is 0 Å². The number of nitrogens with zero attached hydrogens (tertiary/aromatic N) is 3. The highest BCUT2D eigenvalue weighted by molar-refractivity contribution is 8.13. The quantitative estimate of drug-likeness (QED) is 0.302. The predicted octanol–water partition coefficient (Wildman–Crippen LogP) is 2.31. The van der Waals surface area contributed by atoms with E-state index in [1.54, 1.807) is 0 Å². The first-order valence-corrected chi connectivity index (χ1v) is 5.70. The first-order chi connectivity index (χ1) is 6.26. The molecule has 0 rings (SSSR count). The van der Waals surface area contributed by atoms with Crippen LogP contribution in [0.15, 0.2) is 4.99 Å². The van der Waals surface area contributed by atoms with Crippen LogP contribution in [0.4, 0.5) is 0 Å². The van der Waals surface area contributed by atoms with Gasteiger partial charge >= 0.3 is 0 Å². The van der Waals surface area contributed by atoms with E-state index in [9.17, 15) is 0 Å². The van der Waals surface area contributed by atoms with Crippen molar-refractivity contribution >= 4 is 16.9 Å². The Morgan fingerprint density at radius 1 is 1.54 bits per heavy atom. The van der Waals surface area contributed by atoms with Crippen molar-refractivity contribution in [2.24, 2.45) is 4.99 Å². The van der Waals surface area contributed by atoms with Crippen molar-refractivity contribution in [1.29, 1.82) is 5.26 Å². The zero-order chi connectivity index (χ0) is 10.1. The van der Waals surface area contributed by atoms with E-state index >= 15 is 0 Å². The summed E-state index contributed by atoms with van der Waals surface area (Å²) >= 11 is 1.51. The number of thioether (sulfide) groups is 1. The molecule has 0 heterocycles. The Balaban J connectivity index is 3.86. The van der Waals surface area contributed by atoms with Crippen LogP contribution in [0.2, 0.25) is 0 Å². The van der Waals surface area contributed by atoms with Crippen molar-refractivity contribution < 1.29 is 0 Å². The molecule has 0 N–H and O–H groups in total. The number of hydrogen-bond donors (Lipinski definition) is 0. The summed E-state index contributed by atoms with van der Waals surface area (Å²) in [4.78, 5) is 5.76. The molecule has 0 aliphatic carbocycles. The van der Waals surface area contributed by atoms with Gasteiger partial charge < -0.3 is 4.90 Å². The third-order valence-electron chi connectivity index (χ3n) is 1.75. The molecule has 74 valence electrons. The normalized spacial score (nSPS) is 11.1. The molecule has 0 atom stereocenters. The number of aliphatic imine (C=N–C) groups is 1. The molecular formula is C9H17N3S. The molecule has 0 aromatic rings. The zero-order valence-corrected chi connectivity index (χ0v) is 9.39. The molecule has 3 nitrogen and oxygen atoms in total. The van der Waals surface area contributed by atoms with Crippen molar-refractivity contribution in [2.45, 2.75) is 26.2 Å². The Bertz CT molecular complexity index is 196. The fourth-order valence-electron chi connectivity index (χ4n) is 1.02. The summed E-state index contributed by atoms with van der Waals surface area (Å²) in [5.41, 5.74) is 0. The molecule has 0 radical (unpaired) electrons. The maximum atomic E-state index is 8.41. The van der Waals surface area contributed by atoms with Crippen molar-refractivity contribution in [2.75, 3.05) is 19.8 Å². The van der Waals surface area contributed by atoms with E-state index in [-0.39, 0.29) is 0 Å². The molecule has 0 aliphatic rings. The van der Waals surface area contributed by atoms with Gasteiger partial charge in [0.05, 0.1) is 0 Å². The minimum atomic E-state index is 0.804. The van der Waals surface area contributed by atoms with Gasteiger partial charge in [-0.1, -0.05) is 31.5 Å². The highest BCUT2D eigenvalue weighted by Gasteiger charge is 2.03. The molecule has 4 heteroatoms. The SMILES string of the molecule is CCCCCN(C)C(=NC#N)SC. The maximum Gasteiger partial charge on any atom is 0.208 e.